The van der Waals surface area contributed by atoms with Gasteiger partial charge in [-0.2, -0.15) is 9.97 Å². The summed E-state index contributed by atoms with van der Waals surface area (Å²) in [6.07, 6.45) is 0.976. The molecule has 0 spiro atoms. The van der Waals surface area contributed by atoms with E-state index < -0.39 is 28.8 Å². The van der Waals surface area contributed by atoms with Crippen LogP contribution in [0.1, 0.15) is 46.2 Å². The van der Waals surface area contributed by atoms with Crippen LogP contribution in [0.25, 0.3) is 11.4 Å². The van der Waals surface area contributed by atoms with Gasteiger partial charge in [-0.1, -0.05) is 84.9 Å². The van der Waals surface area contributed by atoms with Crippen molar-refractivity contribution in [1.29, 1.82) is 0 Å². The number of methoxy groups -OCH3 is 1. The van der Waals surface area contributed by atoms with E-state index in [4.69, 9.17) is 4.74 Å². The molecule has 2 aliphatic rings. The number of ether oxygens (including phenoxy) is 1. The molecule has 0 radical (unpaired) electrons. The van der Waals surface area contributed by atoms with Crippen LogP contribution < -0.4 is 32.0 Å². The Balaban J connectivity index is 1.18. The summed E-state index contributed by atoms with van der Waals surface area (Å²) in [5.41, 5.74) is 2.38. The fourth-order valence-electron chi connectivity index (χ4n) is 9.60. The van der Waals surface area contributed by atoms with Crippen LogP contribution in [0.2, 0.25) is 0 Å². The highest BCUT2D eigenvalue weighted by molar-refractivity contribution is 5.61. The highest BCUT2D eigenvalue weighted by atomic mass is 16.5. The molecule has 2 aliphatic heterocycles. The summed E-state index contributed by atoms with van der Waals surface area (Å²) in [5.74, 6) is -1.69. The Morgan fingerprint density at radius 3 is 1.70 bits per heavy atom. The lowest BCUT2D eigenvalue weighted by Crippen LogP contribution is -2.46. The van der Waals surface area contributed by atoms with Crippen molar-refractivity contribution in [2.45, 2.75) is 31.3 Å². The number of rotatable bonds is 12. The van der Waals surface area contributed by atoms with Crippen LogP contribution in [-0.4, -0.2) is 59.0 Å². The Labute approximate surface area is 379 Å². The van der Waals surface area contributed by atoms with Crippen LogP contribution in [-0.2, 0) is 13.1 Å². The van der Waals surface area contributed by atoms with Gasteiger partial charge in [0, 0.05) is 60.8 Å². The van der Waals surface area contributed by atoms with Gasteiger partial charge in [-0.05, 0) is 84.6 Å². The molecule has 8 aromatic rings. The summed E-state index contributed by atoms with van der Waals surface area (Å²) in [5, 5.41) is 30.8. The smallest absolute Gasteiger partial charge is 0.267 e. The van der Waals surface area contributed by atoms with Gasteiger partial charge in [-0.15, -0.1) is 0 Å². The fraction of sp³-hybridized carbons (Fsp3) is 0.173. The number of fused-ring (bicyclic) bond motifs is 4. The Morgan fingerprint density at radius 1 is 0.636 bits per heavy atom. The average molecular weight is 879 g/mol. The molecule has 0 unspecified atom stereocenters. The lowest BCUT2D eigenvalue weighted by atomic mass is 9.82. The first-order chi connectivity index (χ1) is 32.2. The third kappa shape index (κ3) is 7.98. The summed E-state index contributed by atoms with van der Waals surface area (Å²) in [4.78, 5) is 55.4. The standard InChI is InChI=1S/C52H46N8O6/c1-66-42-26-25-34(28-36(42)32-57-29-33-27-35(31-57)41-23-14-24-43(61)58(41)30-33)44(45-47(62)55-51(53-37-15-6-2-7-16-37)59(49(45)64)39-19-10-4-11-20-39)46-48(63)56-52(54-38-17-8-3-9-18-38)60(50(46)65)40-21-12-5-13-22-40/h2-26,28,33,35,44,62-63H,27,29-32H2,1H3,(H,53,55)(H,54,56)/t33-,35+/m0/s1. The number of hydrogen-bond donors (Lipinski definition) is 4. The van der Waals surface area contributed by atoms with E-state index in [0.29, 0.717) is 53.7 Å². The second-order valence-electron chi connectivity index (χ2n) is 16.7. The van der Waals surface area contributed by atoms with Crippen LogP contribution in [0.5, 0.6) is 17.5 Å². The van der Waals surface area contributed by atoms with Crippen molar-refractivity contribution in [3.05, 3.63) is 217 Å². The highest BCUT2D eigenvalue weighted by Crippen LogP contribution is 2.41. The second kappa shape index (κ2) is 17.7. The van der Waals surface area contributed by atoms with Crippen molar-refractivity contribution in [3.8, 4) is 28.9 Å². The summed E-state index contributed by atoms with van der Waals surface area (Å²) in [6.45, 7) is 2.50. The molecule has 330 valence electrons. The number of hydrogen-bond acceptors (Lipinski definition) is 11. The van der Waals surface area contributed by atoms with Crippen molar-refractivity contribution in [2.75, 3.05) is 30.8 Å². The minimum atomic E-state index is -1.42. The minimum Gasteiger partial charge on any atom is -0.496 e. The molecule has 3 aromatic heterocycles. The van der Waals surface area contributed by atoms with Gasteiger partial charge in [0.15, 0.2) is 0 Å². The lowest BCUT2D eigenvalue weighted by molar-refractivity contribution is 0.113. The van der Waals surface area contributed by atoms with Gasteiger partial charge >= 0.3 is 0 Å². The monoisotopic (exact) mass is 878 g/mol. The first-order valence-electron chi connectivity index (χ1n) is 21.8. The van der Waals surface area contributed by atoms with Crippen molar-refractivity contribution in [1.82, 2.24) is 28.6 Å². The second-order valence-corrected chi connectivity index (χ2v) is 16.7. The number of benzene rings is 5. The molecule has 10 rings (SSSR count). The van der Waals surface area contributed by atoms with E-state index >= 15 is 9.59 Å². The number of nitrogens with zero attached hydrogens (tertiary/aromatic N) is 6. The van der Waals surface area contributed by atoms with Gasteiger partial charge in [-0.3, -0.25) is 19.3 Å². The van der Waals surface area contributed by atoms with E-state index in [1.165, 1.54) is 9.13 Å². The molecular formula is C52H46N8O6. The highest BCUT2D eigenvalue weighted by Gasteiger charge is 2.37. The van der Waals surface area contributed by atoms with Gasteiger partial charge < -0.3 is 30.2 Å². The molecule has 0 aliphatic carbocycles. The van der Waals surface area contributed by atoms with Crippen LogP contribution in [0.3, 0.4) is 0 Å². The lowest BCUT2D eigenvalue weighted by Gasteiger charge is -2.43. The number of nitrogens with one attached hydrogen (secondary N) is 2. The average Bonchev–Trinajstić information content (AvgIpc) is 3.32. The topological polar surface area (TPSA) is 169 Å². The minimum absolute atomic E-state index is 0.0111. The third-order valence-electron chi connectivity index (χ3n) is 12.4. The number of aromatic hydroxyl groups is 2. The molecular weight excluding hydrogens is 833 g/mol. The molecule has 14 nitrogen and oxygen atoms in total. The van der Waals surface area contributed by atoms with Crippen LogP contribution in [0.15, 0.2) is 172 Å². The molecule has 66 heavy (non-hydrogen) atoms. The Morgan fingerprint density at radius 2 is 1.17 bits per heavy atom. The molecule has 14 heteroatoms. The zero-order valence-corrected chi connectivity index (χ0v) is 36.0. The van der Waals surface area contributed by atoms with E-state index in [1.54, 1.807) is 73.8 Å². The number of pyridine rings is 1. The molecule has 0 amide bonds. The summed E-state index contributed by atoms with van der Waals surface area (Å²) in [7, 11) is 1.59. The Hall–Kier alpha value is -8.23. The van der Waals surface area contributed by atoms with Crippen LogP contribution in [0, 0.1) is 5.92 Å². The molecule has 5 aromatic carbocycles. The van der Waals surface area contributed by atoms with Crippen molar-refractivity contribution in [3.63, 3.8) is 0 Å². The number of likely N-dealkylation sites (tertiary alicyclic amines) is 1. The van der Waals surface area contributed by atoms with E-state index in [9.17, 15) is 15.0 Å². The van der Waals surface area contributed by atoms with Gasteiger partial charge in [0.05, 0.1) is 35.5 Å². The first-order valence-corrected chi connectivity index (χ1v) is 21.8. The predicted molar refractivity (Wildman–Crippen MR) is 253 cm³/mol. The molecule has 1 saturated heterocycles. The SMILES string of the molecule is COc1ccc(C(c2c(O)nc(Nc3ccccc3)n(-c3ccccc3)c2=O)c2c(O)nc(Nc3ccccc3)n(-c3ccccc3)c2=O)cc1CN1C[C@@H]2C[C@H](C1)c1cccc(=O)n1C2. The maximum atomic E-state index is 15.5. The molecule has 4 N–H and O–H groups in total. The van der Waals surface area contributed by atoms with Gasteiger partial charge in [0.2, 0.25) is 23.7 Å². The zero-order valence-electron chi connectivity index (χ0n) is 36.0. The quantitative estimate of drug-likeness (QED) is 0.0952. The maximum Gasteiger partial charge on any atom is 0.267 e. The van der Waals surface area contributed by atoms with Crippen LogP contribution >= 0.6 is 0 Å². The third-order valence-corrected chi connectivity index (χ3v) is 12.4. The first kappa shape index (κ1) is 41.8. The largest absolute Gasteiger partial charge is 0.496 e. The Kier molecular flexibility index (Phi) is 11.2. The van der Waals surface area contributed by atoms with Crippen molar-refractivity contribution in [2.24, 2.45) is 5.92 Å². The van der Waals surface area contributed by atoms with Crippen molar-refractivity contribution >= 4 is 23.3 Å². The van der Waals surface area contributed by atoms with E-state index in [1.807, 2.05) is 95.6 Å². The normalized spacial score (nSPS) is 15.5. The Bertz CT molecular complexity index is 3090. The fourth-order valence-corrected chi connectivity index (χ4v) is 9.60. The van der Waals surface area contributed by atoms with Gasteiger partial charge in [0.25, 0.3) is 16.7 Å². The zero-order chi connectivity index (χ0) is 45.3. The molecule has 2 bridgehead atoms. The number of anilines is 4. The summed E-state index contributed by atoms with van der Waals surface area (Å²) in [6, 6.07) is 46.9. The maximum absolute atomic E-state index is 15.5. The summed E-state index contributed by atoms with van der Waals surface area (Å²) < 4.78 is 10.5. The van der Waals surface area contributed by atoms with Gasteiger partial charge in [0.1, 0.15) is 5.75 Å². The number of para-hydroxylation sites is 4. The number of aromatic nitrogens is 5. The molecule has 2 atom stereocenters. The van der Waals surface area contributed by atoms with Gasteiger partial charge in [-0.25, -0.2) is 9.13 Å². The van der Waals surface area contributed by atoms with E-state index in [-0.39, 0.29) is 40.4 Å². The molecule has 1 fully saturated rings. The van der Waals surface area contributed by atoms with Crippen molar-refractivity contribution < 1.29 is 14.9 Å². The molecule has 5 heterocycles. The number of piperidine rings is 1. The van der Waals surface area contributed by atoms with E-state index in [2.05, 4.69) is 25.5 Å². The van der Waals surface area contributed by atoms with E-state index in [0.717, 1.165) is 24.2 Å². The van der Waals surface area contributed by atoms with Crippen LogP contribution in [0.4, 0.5) is 23.3 Å². The molecule has 0 saturated carbocycles. The summed E-state index contributed by atoms with van der Waals surface area (Å²) >= 11 is 0. The predicted octanol–water partition coefficient (Wildman–Crippen LogP) is 7.65.